The standard InChI is InChI=1S/C29H35BrN6O7S/c1-44(43)11-10-22(34-27(40)20(31)13-17-15-33-21-5-3-2-4-19(17)21)28(41)36-24(14-25(37)38)29(42)35-23(26(32)39)12-16-6-8-18(30)9-7-16/h2-9,15,20,22-24,33H,10-14,31H2,1H3,(H2,32,39)(H,34,40)(H,35,42)(H,36,41)(H,37,38)/t20-,22+,23+,24+,44?/m1/s1. The van der Waals surface area contributed by atoms with Crippen molar-refractivity contribution in [3.63, 3.8) is 0 Å². The van der Waals surface area contributed by atoms with Crippen molar-refractivity contribution in [2.75, 3.05) is 12.0 Å². The summed E-state index contributed by atoms with van der Waals surface area (Å²) in [4.78, 5) is 66.3. The van der Waals surface area contributed by atoms with Gasteiger partial charge in [0.2, 0.25) is 23.6 Å². The van der Waals surface area contributed by atoms with Crippen molar-refractivity contribution in [1.82, 2.24) is 20.9 Å². The Bertz CT molecular complexity index is 1530. The smallest absolute Gasteiger partial charge is 0.305 e. The average Bonchev–Trinajstić information content (AvgIpc) is 3.37. The van der Waals surface area contributed by atoms with Gasteiger partial charge < -0.3 is 37.5 Å². The summed E-state index contributed by atoms with van der Waals surface area (Å²) in [5.41, 5.74) is 14.0. The van der Waals surface area contributed by atoms with Crippen LogP contribution in [0.4, 0.5) is 0 Å². The maximum Gasteiger partial charge on any atom is 0.305 e. The number of H-pyrrole nitrogens is 1. The Labute approximate surface area is 264 Å². The van der Waals surface area contributed by atoms with E-state index in [9.17, 15) is 33.3 Å². The van der Waals surface area contributed by atoms with E-state index in [-0.39, 0.29) is 25.0 Å². The molecular weight excluding hydrogens is 656 g/mol. The number of carboxylic acid groups (broad SMARTS) is 1. The van der Waals surface area contributed by atoms with E-state index in [0.717, 1.165) is 20.9 Å². The molecule has 0 fully saturated rings. The first-order valence-electron chi connectivity index (χ1n) is 13.6. The first-order valence-corrected chi connectivity index (χ1v) is 16.1. The van der Waals surface area contributed by atoms with Crippen molar-refractivity contribution in [1.29, 1.82) is 0 Å². The number of carboxylic acids is 1. The highest BCUT2D eigenvalue weighted by Crippen LogP contribution is 2.19. The van der Waals surface area contributed by atoms with Crippen LogP contribution in [0.3, 0.4) is 0 Å². The van der Waals surface area contributed by atoms with E-state index in [1.54, 1.807) is 30.5 Å². The fourth-order valence-electron chi connectivity index (χ4n) is 4.47. The van der Waals surface area contributed by atoms with Gasteiger partial charge in [-0.05, 0) is 42.2 Å². The fourth-order valence-corrected chi connectivity index (χ4v) is 5.30. The van der Waals surface area contributed by atoms with Gasteiger partial charge in [0.15, 0.2) is 0 Å². The second-order valence-corrected chi connectivity index (χ2v) is 12.7. The molecule has 0 aliphatic heterocycles. The second-order valence-electron chi connectivity index (χ2n) is 10.3. The molecule has 4 amide bonds. The summed E-state index contributed by atoms with van der Waals surface area (Å²) in [6.07, 6.45) is 2.46. The molecule has 0 spiro atoms. The number of rotatable bonds is 16. The summed E-state index contributed by atoms with van der Waals surface area (Å²) >= 11 is 3.31. The monoisotopic (exact) mass is 690 g/mol. The zero-order valence-electron chi connectivity index (χ0n) is 23.9. The van der Waals surface area contributed by atoms with Gasteiger partial charge in [0.05, 0.1) is 12.5 Å². The van der Waals surface area contributed by atoms with Crippen molar-refractivity contribution in [2.24, 2.45) is 11.5 Å². The number of hydrogen-bond donors (Lipinski definition) is 7. The highest BCUT2D eigenvalue weighted by atomic mass is 79.9. The summed E-state index contributed by atoms with van der Waals surface area (Å²) < 4.78 is 12.6. The Morgan fingerprint density at radius 1 is 0.909 bits per heavy atom. The van der Waals surface area contributed by atoms with E-state index >= 15 is 0 Å². The molecule has 1 heterocycles. The van der Waals surface area contributed by atoms with Crippen molar-refractivity contribution in [2.45, 2.75) is 49.9 Å². The summed E-state index contributed by atoms with van der Waals surface area (Å²) in [5.74, 6) is -4.73. The molecule has 0 bridgehead atoms. The van der Waals surface area contributed by atoms with Gasteiger partial charge in [-0.1, -0.05) is 46.3 Å². The molecule has 5 atom stereocenters. The molecule has 9 N–H and O–H groups in total. The number of amides is 4. The molecule has 44 heavy (non-hydrogen) atoms. The number of aromatic nitrogens is 1. The lowest BCUT2D eigenvalue weighted by molar-refractivity contribution is -0.141. The number of benzene rings is 2. The molecule has 3 rings (SSSR count). The van der Waals surface area contributed by atoms with Crippen molar-refractivity contribution in [3.8, 4) is 0 Å². The highest BCUT2D eigenvalue weighted by molar-refractivity contribution is 9.10. The van der Waals surface area contributed by atoms with E-state index in [4.69, 9.17) is 11.5 Å². The molecule has 0 saturated heterocycles. The molecule has 0 aliphatic carbocycles. The first kappa shape index (κ1) is 34.4. The number of nitrogens with one attached hydrogen (secondary N) is 4. The molecule has 15 heteroatoms. The van der Waals surface area contributed by atoms with Crippen molar-refractivity contribution < 1.29 is 33.3 Å². The quantitative estimate of drug-likeness (QED) is 0.110. The van der Waals surface area contributed by atoms with E-state index < -0.39 is 71.0 Å². The number of fused-ring (bicyclic) bond motifs is 1. The number of para-hydroxylation sites is 1. The molecule has 0 aliphatic rings. The van der Waals surface area contributed by atoms with Gasteiger partial charge in [-0.2, -0.15) is 0 Å². The van der Waals surface area contributed by atoms with E-state index in [0.29, 0.717) is 5.56 Å². The largest absolute Gasteiger partial charge is 0.481 e. The van der Waals surface area contributed by atoms with E-state index in [1.165, 1.54) is 6.26 Å². The molecule has 1 aromatic heterocycles. The maximum absolute atomic E-state index is 13.3. The Morgan fingerprint density at radius 3 is 2.16 bits per heavy atom. The first-order chi connectivity index (χ1) is 20.8. The normalized spacial score (nSPS) is 14.5. The third-order valence-corrected chi connectivity index (χ3v) is 8.14. The summed E-state index contributed by atoms with van der Waals surface area (Å²) in [6.45, 7) is 0. The Kier molecular flexibility index (Phi) is 12.6. The molecular formula is C29H35BrN6O7S. The van der Waals surface area contributed by atoms with Gasteiger partial charge in [0.25, 0.3) is 0 Å². The van der Waals surface area contributed by atoms with Gasteiger partial charge in [-0.15, -0.1) is 0 Å². The highest BCUT2D eigenvalue weighted by Gasteiger charge is 2.31. The summed E-state index contributed by atoms with van der Waals surface area (Å²) in [7, 11) is -1.33. The van der Waals surface area contributed by atoms with Crippen LogP contribution in [0, 0.1) is 0 Å². The van der Waals surface area contributed by atoms with Gasteiger partial charge in [-0.25, -0.2) is 0 Å². The minimum Gasteiger partial charge on any atom is -0.481 e. The number of halogens is 1. The number of hydrogen-bond acceptors (Lipinski definition) is 7. The Morgan fingerprint density at radius 2 is 1.52 bits per heavy atom. The second kappa shape index (κ2) is 16.1. The maximum atomic E-state index is 13.3. The topological polar surface area (TPSA) is 227 Å². The molecule has 2 aromatic carbocycles. The fraction of sp³-hybridized carbons (Fsp3) is 0.345. The SMILES string of the molecule is CS(=O)CC[C@H](NC(=O)[C@H](N)Cc1c[nH]c2ccccc12)C(=O)N[C@@H](CC(=O)O)C(=O)N[C@@H](Cc1ccc(Br)cc1)C(N)=O. The van der Waals surface area contributed by atoms with Crippen molar-refractivity contribution in [3.05, 3.63) is 70.3 Å². The number of carbonyl (C=O) groups excluding carboxylic acids is 4. The molecule has 1 unspecified atom stereocenters. The average molecular weight is 692 g/mol. The number of primary amides is 1. The van der Waals surface area contributed by atoms with Crippen LogP contribution in [-0.4, -0.2) is 80.1 Å². The number of nitrogens with two attached hydrogens (primary N) is 2. The molecule has 236 valence electrons. The predicted molar refractivity (Wildman–Crippen MR) is 169 cm³/mol. The van der Waals surface area contributed by atoms with Crippen LogP contribution in [0.2, 0.25) is 0 Å². The summed E-state index contributed by atoms with van der Waals surface area (Å²) in [5, 5.41) is 17.6. The molecule has 0 radical (unpaired) electrons. The minimum absolute atomic E-state index is 0.0252. The zero-order valence-corrected chi connectivity index (χ0v) is 26.3. The molecule has 3 aromatic rings. The van der Waals surface area contributed by atoms with Crippen LogP contribution in [0.5, 0.6) is 0 Å². The minimum atomic E-state index is -1.61. The van der Waals surface area contributed by atoms with Crippen LogP contribution in [-0.2, 0) is 47.6 Å². The molecule has 13 nitrogen and oxygen atoms in total. The number of aromatic amines is 1. The van der Waals surface area contributed by atoms with E-state index in [2.05, 4.69) is 36.9 Å². The number of carbonyl (C=O) groups is 5. The lowest BCUT2D eigenvalue weighted by atomic mass is 10.0. The third-order valence-electron chi connectivity index (χ3n) is 6.80. The van der Waals surface area contributed by atoms with Crippen molar-refractivity contribution >= 4 is 67.2 Å². The lowest BCUT2D eigenvalue weighted by Crippen LogP contribution is -2.58. The van der Waals surface area contributed by atoms with Crippen LogP contribution in [0.25, 0.3) is 10.9 Å². The van der Waals surface area contributed by atoms with Gasteiger partial charge in [-0.3, -0.25) is 28.2 Å². The van der Waals surface area contributed by atoms with Gasteiger partial charge >= 0.3 is 5.97 Å². The van der Waals surface area contributed by atoms with Crippen LogP contribution >= 0.6 is 15.9 Å². The summed E-state index contributed by atoms with van der Waals surface area (Å²) in [6, 6.07) is 9.27. The number of aliphatic carboxylic acids is 1. The van der Waals surface area contributed by atoms with Crippen LogP contribution in [0.15, 0.2) is 59.2 Å². The third kappa shape index (κ3) is 10.3. The Hall–Kier alpha value is -4.08. The van der Waals surface area contributed by atoms with Gasteiger partial charge in [0.1, 0.15) is 18.1 Å². The lowest BCUT2D eigenvalue weighted by Gasteiger charge is -2.25. The van der Waals surface area contributed by atoms with E-state index in [1.807, 2.05) is 24.3 Å². The molecule has 0 saturated carbocycles. The van der Waals surface area contributed by atoms with Crippen LogP contribution < -0.4 is 27.4 Å². The Balaban J connectivity index is 1.72. The van der Waals surface area contributed by atoms with Crippen LogP contribution in [0.1, 0.15) is 24.0 Å². The van der Waals surface area contributed by atoms with Gasteiger partial charge in [0, 0.05) is 50.8 Å². The predicted octanol–water partition coefficient (Wildman–Crippen LogP) is 0.226. The zero-order chi connectivity index (χ0) is 32.4.